The van der Waals surface area contributed by atoms with E-state index in [4.69, 9.17) is 11.6 Å². The SMILES string of the molecule is O=C1NC(=O)N(c2cccnc2)C(=O)/C1=C\c1ccccc1Sc1ccc(Cl)cc1. The average molecular weight is 436 g/mol. The molecule has 30 heavy (non-hydrogen) atoms. The average Bonchev–Trinajstić information content (AvgIpc) is 2.74. The lowest BCUT2D eigenvalue weighted by Gasteiger charge is -2.26. The van der Waals surface area contributed by atoms with E-state index in [2.05, 4.69) is 10.3 Å². The fourth-order valence-corrected chi connectivity index (χ4v) is 3.90. The molecule has 3 aromatic rings. The van der Waals surface area contributed by atoms with Crippen molar-refractivity contribution in [2.24, 2.45) is 0 Å². The summed E-state index contributed by atoms with van der Waals surface area (Å²) >= 11 is 7.42. The van der Waals surface area contributed by atoms with Crippen molar-refractivity contribution >= 4 is 53.0 Å². The fraction of sp³-hybridized carbons (Fsp3) is 0. The molecule has 8 heteroatoms. The topological polar surface area (TPSA) is 79.4 Å². The van der Waals surface area contributed by atoms with Gasteiger partial charge in [0, 0.05) is 21.0 Å². The van der Waals surface area contributed by atoms with E-state index < -0.39 is 17.8 Å². The first-order valence-corrected chi connectivity index (χ1v) is 10.1. The first-order valence-electron chi connectivity index (χ1n) is 8.87. The summed E-state index contributed by atoms with van der Waals surface area (Å²) in [6.07, 6.45) is 4.41. The van der Waals surface area contributed by atoms with Crippen molar-refractivity contribution in [2.75, 3.05) is 4.90 Å². The van der Waals surface area contributed by atoms with E-state index in [1.807, 2.05) is 30.3 Å². The predicted octanol–water partition coefficient (Wildman–Crippen LogP) is 4.55. The molecule has 4 amide bonds. The number of pyridine rings is 1. The van der Waals surface area contributed by atoms with Gasteiger partial charge in [-0.15, -0.1) is 0 Å². The third-order valence-corrected chi connectivity index (χ3v) is 5.62. The Morgan fingerprint density at radius 3 is 2.47 bits per heavy atom. The summed E-state index contributed by atoms with van der Waals surface area (Å²) in [6.45, 7) is 0. The maximum absolute atomic E-state index is 13.0. The Balaban J connectivity index is 1.70. The van der Waals surface area contributed by atoms with E-state index in [1.54, 1.807) is 30.3 Å². The van der Waals surface area contributed by atoms with Crippen LogP contribution in [0.15, 0.2) is 88.4 Å². The van der Waals surface area contributed by atoms with Gasteiger partial charge < -0.3 is 0 Å². The van der Waals surface area contributed by atoms with Gasteiger partial charge in [0.15, 0.2) is 0 Å². The summed E-state index contributed by atoms with van der Waals surface area (Å²) in [6, 6.07) is 17.1. The summed E-state index contributed by atoms with van der Waals surface area (Å²) in [5, 5.41) is 2.85. The molecule has 0 spiro atoms. The quantitative estimate of drug-likeness (QED) is 0.480. The van der Waals surface area contributed by atoms with E-state index >= 15 is 0 Å². The van der Waals surface area contributed by atoms with Gasteiger partial charge in [-0.05, 0) is 54.1 Å². The molecule has 0 saturated carbocycles. The van der Waals surface area contributed by atoms with Crippen molar-refractivity contribution in [2.45, 2.75) is 9.79 Å². The standard InChI is InChI=1S/C22H14ClN3O3S/c23-15-7-9-17(10-8-15)30-19-6-2-1-4-14(19)12-18-20(27)25-22(29)26(21(18)28)16-5-3-11-24-13-16/h1-13H,(H,25,27,29)/b18-12-. The number of carbonyl (C=O) groups is 3. The smallest absolute Gasteiger partial charge is 0.273 e. The number of nitrogens with zero attached hydrogens (tertiary/aromatic N) is 2. The van der Waals surface area contributed by atoms with Gasteiger partial charge in [-0.3, -0.25) is 19.9 Å². The first kappa shape index (κ1) is 19.9. The number of amides is 4. The number of benzene rings is 2. The van der Waals surface area contributed by atoms with Crippen LogP contribution >= 0.6 is 23.4 Å². The molecule has 6 nitrogen and oxygen atoms in total. The van der Waals surface area contributed by atoms with Gasteiger partial charge in [-0.1, -0.05) is 41.6 Å². The van der Waals surface area contributed by atoms with Gasteiger partial charge in [-0.2, -0.15) is 0 Å². The molecule has 1 N–H and O–H groups in total. The summed E-state index contributed by atoms with van der Waals surface area (Å²) in [7, 11) is 0. The third kappa shape index (κ3) is 4.12. The number of barbiturate groups is 1. The second kappa shape index (κ2) is 8.52. The van der Waals surface area contributed by atoms with Crippen LogP contribution in [0.2, 0.25) is 5.02 Å². The number of carbonyl (C=O) groups excluding carboxylic acids is 3. The van der Waals surface area contributed by atoms with Crippen LogP contribution < -0.4 is 10.2 Å². The minimum atomic E-state index is -0.807. The van der Waals surface area contributed by atoms with Crippen LogP contribution in [-0.4, -0.2) is 22.8 Å². The molecule has 1 aliphatic rings. The van der Waals surface area contributed by atoms with Crippen LogP contribution in [0.4, 0.5) is 10.5 Å². The normalized spacial score (nSPS) is 15.4. The highest BCUT2D eigenvalue weighted by Crippen LogP contribution is 2.33. The zero-order chi connectivity index (χ0) is 21.1. The number of anilines is 1. The van der Waals surface area contributed by atoms with Crippen molar-refractivity contribution in [3.8, 4) is 0 Å². The van der Waals surface area contributed by atoms with Crippen LogP contribution in [0.25, 0.3) is 6.08 Å². The minimum Gasteiger partial charge on any atom is -0.273 e. The molecular weight excluding hydrogens is 422 g/mol. The van der Waals surface area contributed by atoms with E-state index in [-0.39, 0.29) is 11.3 Å². The molecule has 0 unspecified atom stereocenters. The van der Waals surface area contributed by atoms with Gasteiger partial charge >= 0.3 is 6.03 Å². The molecule has 0 bridgehead atoms. The summed E-state index contributed by atoms with van der Waals surface area (Å²) in [5.41, 5.74) is 0.821. The highest BCUT2D eigenvalue weighted by atomic mass is 35.5. The number of halogens is 1. The van der Waals surface area contributed by atoms with Crippen molar-refractivity contribution in [3.05, 3.63) is 89.2 Å². The molecule has 1 saturated heterocycles. The molecule has 148 valence electrons. The largest absolute Gasteiger partial charge is 0.336 e. The van der Waals surface area contributed by atoms with Gasteiger partial charge in [0.1, 0.15) is 5.57 Å². The number of hydrogen-bond donors (Lipinski definition) is 1. The minimum absolute atomic E-state index is 0.136. The maximum Gasteiger partial charge on any atom is 0.336 e. The van der Waals surface area contributed by atoms with Gasteiger partial charge in [0.25, 0.3) is 11.8 Å². The van der Waals surface area contributed by atoms with Crippen LogP contribution in [0.3, 0.4) is 0 Å². The number of urea groups is 1. The number of aromatic nitrogens is 1. The van der Waals surface area contributed by atoms with Crippen LogP contribution in [-0.2, 0) is 9.59 Å². The summed E-state index contributed by atoms with van der Waals surface area (Å²) in [4.78, 5) is 44.3. The van der Waals surface area contributed by atoms with Crippen molar-refractivity contribution in [1.29, 1.82) is 0 Å². The number of nitrogens with one attached hydrogen (secondary N) is 1. The predicted molar refractivity (Wildman–Crippen MR) is 115 cm³/mol. The molecular formula is C22H14ClN3O3S. The Morgan fingerprint density at radius 1 is 0.967 bits per heavy atom. The first-order chi connectivity index (χ1) is 14.5. The molecule has 4 rings (SSSR count). The van der Waals surface area contributed by atoms with Crippen LogP contribution in [0.5, 0.6) is 0 Å². The van der Waals surface area contributed by atoms with E-state index in [0.29, 0.717) is 10.6 Å². The van der Waals surface area contributed by atoms with E-state index in [1.165, 1.54) is 30.2 Å². The molecule has 1 fully saturated rings. The van der Waals surface area contributed by atoms with Crippen molar-refractivity contribution in [1.82, 2.24) is 10.3 Å². The lowest BCUT2D eigenvalue weighted by Crippen LogP contribution is -2.54. The van der Waals surface area contributed by atoms with Crippen molar-refractivity contribution in [3.63, 3.8) is 0 Å². The van der Waals surface area contributed by atoms with Gasteiger partial charge in [0.05, 0.1) is 11.9 Å². The number of rotatable bonds is 4. The highest BCUT2D eigenvalue weighted by molar-refractivity contribution is 7.99. The monoisotopic (exact) mass is 435 g/mol. The molecule has 0 atom stereocenters. The summed E-state index contributed by atoms with van der Waals surface area (Å²) in [5.74, 6) is -1.44. The number of hydrogen-bond acceptors (Lipinski definition) is 5. The fourth-order valence-electron chi connectivity index (χ4n) is 2.86. The second-order valence-electron chi connectivity index (χ2n) is 6.26. The Labute approximate surface area is 181 Å². The Hall–Kier alpha value is -3.42. The van der Waals surface area contributed by atoms with Crippen molar-refractivity contribution < 1.29 is 14.4 Å². The Bertz CT molecular complexity index is 1160. The Morgan fingerprint density at radius 2 is 1.73 bits per heavy atom. The van der Waals surface area contributed by atoms with Gasteiger partial charge in [-0.25, -0.2) is 9.69 Å². The third-order valence-electron chi connectivity index (χ3n) is 4.27. The second-order valence-corrected chi connectivity index (χ2v) is 7.81. The van der Waals surface area contributed by atoms with Gasteiger partial charge in [0.2, 0.25) is 0 Å². The number of imide groups is 2. The summed E-state index contributed by atoms with van der Waals surface area (Å²) < 4.78 is 0. The molecule has 1 aliphatic heterocycles. The zero-order valence-corrected chi connectivity index (χ0v) is 17.0. The van der Waals surface area contributed by atoms with E-state index in [9.17, 15) is 14.4 Å². The molecule has 1 aromatic heterocycles. The highest BCUT2D eigenvalue weighted by Gasteiger charge is 2.37. The molecule has 2 heterocycles. The van der Waals surface area contributed by atoms with Crippen LogP contribution in [0.1, 0.15) is 5.56 Å². The maximum atomic E-state index is 13.0. The lowest BCUT2D eigenvalue weighted by atomic mass is 10.1. The van der Waals surface area contributed by atoms with E-state index in [0.717, 1.165) is 14.7 Å². The molecule has 2 aromatic carbocycles. The lowest BCUT2D eigenvalue weighted by molar-refractivity contribution is -0.122. The molecule has 0 aliphatic carbocycles. The van der Waals surface area contributed by atoms with Crippen LogP contribution in [0, 0.1) is 0 Å². The molecule has 0 radical (unpaired) electrons. The zero-order valence-electron chi connectivity index (χ0n) is 15.4. The Kier molecular flexibility index (Phi) is 5.65.